The van der Waals surface area contributed by atoms with Crippen LogP contribution in [0.4, 0.5) is 0 Å². The van der Waals surface area contributed by atoms with E-state index in [9.17, 15) is 0 Å². The molecule has 2 aromatic carbocycles. The smallest absolute Gasteiger partial charge is 0.166 e. The van der Waals surface area contributed by atoms with Gasteiger partial charge in [-0.1, -0.05) is 60.7 Å². The maximum absolute atomic E-state index is 5.38. The summed E-state index contributed by atoms with van der Waals surface area (Å²) in [5, 5.41) is 7.22. The first-order valence-corrected chi connectivity index (χ1v) is 7.82. The first kappa shape index (κ1) is 16.5. The summed E-state index contributed by atoms with van der Waals surface area (Å²) in [6, 6.07) is 20.6. The molecule has 0 aromatic heterocycles. The molecule has 0 radical (unpaired) electrons. The van der Waals surface area contributed by atoms with Gasteiger partial charge >= 0.3 is 0 Å². The van der Waals surface area contributed by atoms with Crippen molar-refractivity contribution in [1.82, 2.24) is 10.6 Å². The Hall–Kier alpha value is -1.91. The Kier molecular flexibility index (Phi) is 6.87. The molecule has 0 fully saturated rings. The predicted molar refractivity (Wildman–Crippen MR) is 94.9 cm³/mol. The molecule has 0 spiro atoms. The summed E-state index contributed by atoms with van der Waals surface area (Å²) in [5.41, 5.74) is 2.46. The van der Waals surface area contributed by atoms with Crippen molar-refractivity contribution in [2.24, 2.45) is 0 Å². The number of rotatable bonds is 7. The summed E-state index contributed by atoms with van der Waals surface area (Å²) in [7, 11) is 1.70. The monoisotopic (exact) mass is 314 g/mol. The summed E-state index contributed by atoms with van der Waals surface area (Å²) < 4.78 is 5.28. The van der Waals surface area contributed by atoms with E-state index in [1.807, 2.05) is 24.3 Å². The molecule has 0 saturated heterocycles. The van der Waals surface area contributed by atoms with Crippen LogP contribution < -0.4 is 10.6 Å². The van der Waals surface area contributed by atoms with E-state index in [4.69, 9.17) is 17.0 Å². The Labute approximate surface area is 137 Å². The Morgan fingerprint density at radius 1 is 1.05 bits per heavy atom. The third-order valence-corrected chi connectivity index (χ3v) is 3.64. The van der Waals surface area contributed by atoms with Crippen molar-refractivity contribution in [1.29, 1.82) is 0 Å². The first-order valence-electron chi connectivity index (χ1n) is 7.42. The second-order valence-corrected chi connectivity index (χ2v) is 5.46. The van der Waals surface area contributed by atoms with Crippen molar-refractivity contribution >= 4 is 17.3 Å². The number of nitrogens with one attached hydrogen (secondary N) is 2. The molecule has 0 aliphatic heterocycles. The van der Waals surface area contributed by atoms with Crippen molar-refractivity contribution < 1.29 is 4.74 Å². The fraction of sp³-hybridized carbons (Fsp3) is 0.278. The molecule has 0 unspecified atom stereocenters. The lowest BCUT2D eigenvalue weighted by Gasteiger charge is -2.20. The molecule has 0 aliphatic carbocycles. The molecule has 0 saturated carbocycles. The molecule has 4 heteroatoms. The predicted octanol–water partition coefficient (Wildman–Crippen LogP) is 3.08. The van der Waals surface area contributed by atoms with Crippen molar-refractivity contribution in [2.45, 2.75) is 12.5 Å². The molecule has 0 heterocycles. The average Bonchev–Trinajstić information content (AvgIpc) is 2.56. The summed E-state index contributed by atoms with van der Waals surface area (Å²) in [6.45, 7) is 1.38. The van der Waals surface area contributed by atoms with Gasteiger partial charge in [-0.3, -0.25) is 0 Å². The van der Waals surface area contributed by atoms with Crippen LogP contribution >= 0.6 is 12.2 Å². The lowest BCUT2D eigenvalue weighted by Crippen LogP contribution is -2.40. The molecule has 2 N–H and O–H groups in total. The molecule has 2 aromatic rings. The molecule has 1 atom stereocenters. The number of ether oxygens (including phenoxy) is 1. The van der Waals surface area contributed by atoms with Crippen LogP contribution in [0, 0.1) is 0 Å². The molecular formula is C18H22N2OS. The highest BCUT2D eigenvalue weighted by atomic mass is 32.1. The van der Waals surface area contributed by atoms with Gasteiger partial charge in [-0.2, -0.15) is 0 Å². The van der Waals surface area contributed by atoms with Crippen LogP contribution in [0.1, 0.15) is 17.2 Å². The number of thiocarbonyl (C=S) groups is 1. The van der Waals surface area contributed by atoms with Crippen molar-refractivity contribution in [3.8, 4) is 0 Å². The normalized spacial score (nSPS) is 11.7. The molecule has 0 bridgehead atoms. The number of hydrogen-bond donors (Lipinski definition) is 2. The minimum absolute atomic E-state index is 0.0583. The zero-order valence-electron chi connectivity index (χ0n) is 12.8. The molecular weight excluding hydrogens is 292 g/mol. The topological polar surface area (TPSA) is 33.3 Å². The van der Waals surface area contributed by atoms with Crippen LogP contribution in [0.25, 0.3) is 0 Å². The van der Waals surface area contributed by atoms with Gasteiger partial charge in [0.2, 0.25) is 0 Å². The quantitative estimate of drug-likeness (QED) is 0.770. The van der Waals surface area contributed by atoms with E-state index < -0.39 is 0 Å². The van der Waals surface area contributed by atoms with Gasteiger partial charge in [-0.15, -0.1) is 0 Å². The molecule has 22 heavy (non-hydrogen) atoms. The van der Waals surface area contributed by atoms with Crippen LogP contribution in [-0.2, 0) is 11.2 Å². The van der Waals surface area contributed by atoms with E-state index in [0.29, 0.717) is 11.7 Å². The zero-order chi connectivity index (χ0) is 15.6. The van der Waals surface area contributed by atoms with Crippen molar-refractivity contribution in [3.05, 3.63) is 71.8 Å². The third kappa shape index (κ3) is 5.47. The second-order valence-electron chi connectivity index (χ2n) is 5.05. The number of methoxy groups -OCH3 is 1. The fourth-order valence-electron chi connectivity index (χ4n) is 2.25. The van der Waals surface area contributed by atoms with Gasteiger partial charge in [0.15, 0.2) is 5.11 Å². The Balaban J connectivity index is 1.81. The lowest BCUT2D eigenvalue weighted by molar-refractivity contribution is 0.174. The Bertz CT molecular complexity index is 560. The molecule has 0 amide bonds. The highest BCUT2D eigenvalue weighted by Crippen LogP contribution is 2.12. The fourth-order valence-corrected chi connectivity index (χ4v) is 2.49. The van der Waals surface area contributed by atoms with Crippen molar-refractivity contribution in [2.75, 3.05) is 20.3 Å². The maximum Gasteiger partial charge on any atom is 0.166 e. The van der Waals surface area contributed by atoms with Gasteiger partial charge in [-0.25, -0.2) is 0 Å². The highest BCUT2D eigenvalue weighted by Gasteiger charge is 2.11. The molecule has 0 aliphatic rings. The van der Waals surface area contributed by atoms with E-state index in [0.717, 1.165) is 18.5 Å². The van der Waals surface area contributed by atoms with E-state index in [-0.39, 0.29) is 6.04 Å². The van der Waals surface area contributed by atoms with E-state index in [1.165, 1.54) is 5.56 Å². The summed E-state index contributed by atoms with van der Waals surface area (Å²) in [5.74, 6) is 0. The SMILES string of the molecule is COC[C@@H](NC(=S)NCCc1ccccc1)c1ccccc1. The zero-order valence-corrected chi connectivity index (χ0v) is 13.6. The number of benzene rings is 2. The van der Waals surface area contributed by atoms with Crippen LogP contribution in [-0.4, -0.2) is 25.4 Å². The minimum atomic E-state index is 0.0583. The van der Waals surface area contributed by atoms with Crippen LogP contribution in [0.15, 0.2) is 60.7 Å². The van der Waals surface area contributed by atoms with Crippen LogP contribution in [0.3, 0.4) is 0 Å². The Morgan fingerprint density at radius 2 is 1.68 bits per heavy atom. The van der Waals surface area contributed by atoms with Gasteiger partial charge in [0.25, 0.3) is 0 Å². The van der Waals surface area contributed by atoms with E-state index in [2.05, 4.69) is 47.0 Å². The van der Waals surface area contributed by atoms with Gasteiger partial charge in [-0.05, 0) is 29.8 Å². The molecule has 2 rings (SSSR count). The average molecular weight is 314 g/mol. The van der Waals surface area contributed by atoms with Crippen LogP contribution in [0.5, 0.6) is 0 Å². The standard InChI is InChI=1S/C18H22N2OS/c1-21-14-17(16-10-6-3-7-11-16)20-18(22)19-13-12-15-8-4-2-5-9-15/h2-11,17H,12-14H2,1H3,(H2,19,20,22)/t17-/m1/s1. The van der Waals surface area contributed by atoms with Gasteiger partial charge < -0.3 is 15.4 Å². The highest BCUT2D eigenvalue weighted by molar-refractivity contribution is 7.80. The second kappa shape index (κ2) is 9.18. The van der Waals surface area contributed by atoms with E-state index >= 15 is 0 Å². The summed E-state index contributed by atoms with van der Waals surface area (Å²) in [6.07, 6.45) is 0.947. The van der Waals surface area contributed by atoms with Gasteiger partial charge in [0.1, 0.15) is 0 Å². The lowest BCUT2D eigenvalue weighted by atomic mass is 10.1. The van der Waals surface area contributed by atoms with Crippen LogP contribution in [0.2, 0.25) is 0 Å². The first-order chi connectivity index (χ1) is 10.8. The minimum Gasteiger partial charge on any atom is -0.382 e. The van der Waals surface area contributed by atoms with Gasteiger partial charge in [0.05, 0.1) is 12.6 Å². The summed E-state index contributed by atoms with van der Waals surface area (Å²) in [4.78, 5) is 0. The maximum atomic E-state index is 5.38. The Morgan fingerprint density at radius 3 is 2.32 bits per heavy atom. The van der Waals surface area contributed by atoms with Gasteiger partial charge in [0, 0.05) is 13.7 Å². The third-order valence-electron chi connectivity index (χ3n) is 3.38. The van der Waals surface area contributed by atoms with E-state index in [1.54, 1.807) is 7.11 Å². The summed E-state index contributed by atoms with van der Waals surface area (Å²) >= 11 is 5.38. The molecule has 116 valence electrons. The largest absolute Gasteiger partial charge is 0.382 e. The molecule has 3 nitrogen and oxygen atoms in total. The number of hydrogen-bond acceptors (Lipinski definition) is 2. The van der Waals surface area contributed by atoms with Crippen molar-refractivity contribution in [3.63, 3.8) is 0 Å².